The van der Waals surface area contributed by atoms with Crippen LogP contribution in [0, 0.1) is 11.8 Å². The monoisotopic (exact) mass is 234 g/mol. The molecule has 1 aliphatic carbocycles. The molecule has 2 rings (SSSR count). The van der Waals surface area contributed by atoms with Crippen molar-refractivity contribution in [1.29, 1.82) is 0 Å². The maximum absolute atomic E-state index is 12.2. The van der Waals surface area contributed by atoms with Crippen LogP contribution in [0.25, 0.3) is 0 Å². The van der Waals surface area contributed by atoms with E-state index in [2.05, 4.69) is 17.3 Å². The molecule has 0 aromatic carbocycles. The lowest BCUT2D eigenvalue weighted by Crippen LogP contribution is -2.30. The molecule has 1 fully saturated rings. The molecule has 0 saturated heterocycles. The Morgan fingerprint density at radius 3 is 3.00 bits per heavy atom. The summed E-state index contributed by atoms with van der Waals surface area (Å²) in [7, 11) is 1.83. The van der Waals surface area contributed by atoms with Crippen LogP contribution in [0.2, 0.25) is 0 Å². The highest BCUT2D eigenvalue weighted by molar-refractivity contribution is 5.99. The van der Waals surface area contributed by atoms with Crippen LogP contribution in [0.3, 0.4) is 0 Å². The minimum Gasteiger partial charge on any atom is -0.341 e. The molecule has 92 valence electrons. The van der Waals surface area contributed by atoms with Gasteiger partial charge in [0.25, 0.3) is 5.91 Å². The van der Waals surface area contributed by atoms with E-state index in [4.69, 9.17) is 5.84 Å². The van der Waals surface area contributed by atoms with Gasteiger partial charge in [-0.2, -0.15) is 0 Å². The highest BCUT2D eigenvalue weighted by Crippen LogP contribution is 2.38. The lowest BCUT2D eigenvalue weighted by molar-refractivity contribution is 0.0788. The minimum atomic E-state index is -0.0144. The summed E-state index contributed by atoms with van der Waals surface area (Å²) in [5.74, 6) is 6.75. The summed E-state index contributed by atoms with van der Waals surface area (Å²) in [6.45, 7) is 3.02. The summed E-state index contributed by atoms with van der Waals surface area (Å²) in [6, 6.07) is 1.68. The molecule has 0 aliphatic heterocycles. The number of nitrogens with zero attached hydrogens (tertiary/aromatic N) is 2. The Morgan fingerprint density at radius 1 is 1.71 bits per heavy atom. The number of carbonyl (C=O) groups excluding carboxylic acids is 1. The molecular weight excluding hydrogens is 216 g/mol. The molecule has 17 heavy (non-hydrogen) atoms. The second kappa shape index (κ2) is 4.71. The third-order valence-electron chi connectivity index (χ3n) is 3.34. The number of hydrazine groups is 1. The number of nitrogen functional groups attached to an aromatic ring is 1. The van der Waals surface area contributed by atoms with E-state index < -0.39 is 0 Å². The lowest BCUT2D eigenvalue weighted by Gasteiger charge is -2.18. The highest BCUT2D eigenvalue weighted by Gasteiger charge is 2.34. The number of nitrogens with one attached hydrogen (secondary N) is 1. The fourth-order valence-electron chi connectivity index (χ4n) is 1.99. The molecule has 1 saturated carbocycles. The van der Waals surface area contributed by atoms with Crippen molar-refractivity contribution in [3.63, 3.8) is 0 Å². The average Bonchev–Trinajstić information content (AvgIpc) is 3.03. The van der Waals surface area contributed by atoms with Crippen LogP contribution in [-0.4, -0.2) is 29.4 Å². The Bertz CT molecular complexity index is 421. The van der Waals surface area contributed by atoms with Gasteiger partial charge in [0.15, 0.2) is 0 Å². The van der Waals surface area contributed by atoms with E-state index in [1.165, 1.54) is 6.42 Å². The normalized spacial score (nSPS) is 22.1. The first-order chi connectivity index (χ1) is 8.13. The van der Waals surface area contributed by atoms with Crippen LogP contribution >= 0.6 is 0 Å². The van der Waals surface area contributed by atoms with E-state index in [1.54, 1.807) is 23.4 Å². The van der Waals surface area contributed by atoms with Gasteiger partial charge >= 0.3 is 0 Å². The van der Waals surface area contributed by atoms with E-state index in [9.17, 15) is 4.79 Å². The summed E-state index contributed by atoms with van der Waals surface area (Å²) < 4.78 is 0. The van der Waals surface area contributed by atoms with Crippen molar-refractivity contribution in [2.45, 2.75) is 13.3 Å². The van der Waals surface area contributed by atoms with Gasteiger partial charge in [0.05, 0.1) is 17.4 Å². The fraction of sp³-hybridized carbons (Fsp3) is 0.500. The van der Waals surface area contributed by atoms with E-state index >= 15 is 0 Å². The van der Waals surface area contributed by atoms with Gasteiger partial charge in [0.1, 0.15) is 0 Å². The van der Waals surface area contributed by atoms with Gasteiger partial charge in [-0.25, -0.2) is 0 Å². The second-order valence-corrected chi connectivity index (χ2v) is 4.72. The van der Waals surface area contributed by atoms with Gasteiger partial charge in [0.2, 0.25) is 0 Å². The number of amides is 1. The molecule has 0 spiro atoms. The predicted octanol–water partition coefficient (Wildman–Crippen LogP) is 1.10. The zero-order valence-corrected chi connectivity index (χ0v) is 10.2. The van der Waals surface area contributed by atoms with Gasteiger partial charge in [0, 0.05) is 19.8 Å². The van der Waals surface area contributed by atoms with Crippen molar-refractivity contribution >= 4 is 11.6 Å². The summed E-state index contributed by atoms with van der Waals surface area (Å²) in [5.41, 5.74) is 3.63. The van der Waals surface area contributed by atoms with E-state index in [0.717, 1.165) is 12.5 Å². The summed E-state index contributed by atoms with van der Waals surface area (Å²) in [6.07, 6.45) is 4.37. The summed E-state index contributed by atoms with van der Waals surface area (Å²) in [5, 5.41) is 0. The Balaban J connectivity index is 2.07. The summed E-state index contributed by atoms with van der Waals surface area (Å²) in [4.78, 5) is 17.9. The quantitative estimate of drug-likeness (QED) is 0.604. The molecule has 3 N–H and O–H groups in total. The van der Waals surface area contributed by atoms with Gasteiger partial charge in [-0.3, -0.25) is 15.6 Å². The number of rotatable bonds is 4. The number of anilines is 1. The smallest absolute Gasteiger partial charge is 0.255 e. The molecule has 5 heteroatoms. The maximum Gasteiger partial charge on any atom is 0.255 e. The van der Waals surface area contributed by atoms with Crippen LogP contribution in [0.1, 0.15) is 23.7 Å². The average molecular weight is 234 g/mol. The lowest BCUT2D eigenvalue weighted by atomic mass is 10.2. The first-order valence-corrected chi connectivity index (χ1v) is 5.79. The Labute approximate surface area is 101 Å². The summed E-state index contributed by atoms with van der Waals surface area (Å²) >= 11 is 0. The van der Waals surface area contributed by atoms with Crippen molar-refractivity contribution in [1.82, 2.24) is 9.88 Å². The van der Waals surface area contributed by atoms with Crippen LogP contribution in [0.5, 0.6) is 0 Å². The SMILES string of the molecule is CC1CC1CN(C)C(=O)c1ccncc1NN. The highest BCUT2D eigenvalue weighted by atomic mass is 16.2. The first kappa shape index (κ1) is 11.9. The number of hydrogen-bond acceptors (Lipinski definition) is 4. The maximum atomic E-state index is 12.2. The Hall–Kier alpha value is -1.62. The molecule has 2 unspecified atom stereocenters. The van der Waals surface area contributed by atoms with Crippen molar-refractivity contribution in [2.75, 3.05) is 19.0 Å². The van der Waals surface area contributed by atoms with Crippen LogP contribution in [0.15, 0.2) is 18.5 Å². The standard InChI is InChI=1S/C12H18N4O/c1-8-5-9(8)7-16(2)12(17)10-3-4-14-6-11(10)15-13/h3-4,6,8-9,15H,5,7,13H2,1-2H3. The molecule has 1 aromatic rings. The van der Waals surface area contributed by atoms with E-state index in [1.807, 2.05) is 7.05 Å². The molecule has 1 aromatic heterocycles. The number of aromatic nitrogens is 1. The van der Waals surface area contributed by atoms with Crippen LogP contribution < -0.4 is 11.3 Å². The fourth-order valence-corrected chi connectivity index (χ4v) is 1.99. The largest absolute Gasteiger partial charge is 0.341 e. The number of pyridine rings is 1. The van der Waals surface area contributed by atoms with E-state index in [-0.39, 0.29) is 5.91 Å². The third-order valence-corrected chi connectivity index (χ3v) is 3.34. The number of nitrogens with two attached hydrogens (primary N) is 1. The molecule has 0 bridgehead atoms. The third kappa shape index (κ3) is 2.55. The van der Waals surface area contributed by atoms with Crippen molar-refractivity contribution in [3.05, 3.63) is 24.0 Å². The van der Waals surface area contributed by atoms with Crippen molar-refractivity contribution in [3.8, 4) is 0 Å². The van der Waals surface area contributed by atoms with Crippen molar-refractivity contribution in [2.24, 2.45) is 17.7 Å². The topological polar surface area (TPSA) is 71.2 Å². The Morgan fingerprint density at radius 2 is 2.41 bits per heavy atom. The van der Waals surface area contributed by atoms with E-state index in [0.29, 0.717) is 17.2 Å². The molecule has 2 atom stereocenters. The number of carbonyl (C=O) groups is 1. The molecule has 1 heterocycles. The van der Waals surface area contributed by atoms with Crippen LogP contribution in [-0.2, 0) is 0 Å². The molecular formula is C12H18N4O. The zero-order chi connectivity index (χ0) is 12.4. The minimum absolute atomic E-state index is 0.0144. The first-order valence-electron chi connectivity index (χ1n) is 5.79. The Kier molecular flexibility index (Phi) is 3.28. The molecule has 0 radical (unpaired) electrons. The van der Waals surface area contributed by atoms with Gasteiger partial charge in [-0.15, -0.1) is 0 Å². The predicted molar refractivity (Wildman–Crippen MR) is 66.3 cm³/mol. The molecule has 1 amide bonds. The number of hydrogen-bond donors (Lipinski definition) is 2. The molecule has 1 aliphatic rings. The van der Waals surface area contributed by atoms with Crippen LogP contribution in [0.4, 0.5) is 5.69 Å². The second-order valence-electron chi connectivity index (χ2n) is 4.72. The van der Waals surface area contributed by atoms with Crippen molar-refractivity contribution < 1.29 is 4.79 Å². The zero-order valence-electron chi connectivity index (χ0n) is 10.2. The molecule has 5 nitrogen and oxygen atoms in total. The van der Waals surface area contributed by atoms with Gasteiger partial charge in [-0.1, -0.05) is 6.92 Å². The van der Waals surface area contributed by atoms with Gasteiger partial charge < -0.3 is 10.3 Å². The van der Waals surface area contributed by atoms with Gasteiger partial charge in [-0.05, 0) is 24.3 Å².